The molecule has 0 spiro atoms. The van der Waals surface area contributed by atoms with Gasteiger partial charge in [0.1, 0.15) is 11.5 Å². The van der Waals surface area contributed by atoms with Crippen LogP contribution < -0.4 is 5.48 Å². The van der Waals surface area contributed by atoms with Crippen molar-refractivity contribution in [2.24, 2.45) is 5.92 Å². The zero-order valence-corrected chi connectivity index (χ0v) is 11.5. The highest BCUT2D eigenvalue weighted by Crippen LogP contribution is 2.47. The first-order valence-electron chi connectivity index (χ1n) is 6.69. The van der Waals surface area contributed by atoms with E-state index in [0.717, 1.165) is 17.4 Å². The quantitative estimate of drug-likeness (QED) is 0.578. The van der Waals surface area contributed by atoms with Crippen LogP contribution in [-0.4, -0.2) is 26.2 Å². The van der Waals surface area contributed by atoms with Gasteiger partial charge in [-0.2, -0.15) is 0 Å². The van der Waals surface area contributed by atoms with Gasteiger partial charge in [0.15, 0.2) is 0 Å². The van der Waals surface area contributed by atoms with E-state index in [9.17, 15) is 4.79 Å². The van der Waals surface area contributed by atoms with Crippen LogP contribution >= 0.6 is 0 Å². The monoisotopic (exact) mass is 267 g/mol. The summed E-state index contributed by atoms with van der Waals surface area (Å²) in [5.41, 5.74) is 2.38. The summed E-state index contributed by atoms with van der Waals surface area (Å²) in [6.07, 6.45) is 2.17. The van der Waals surface area contributed by atoms with Crippen LogP contribution in [0.1, 0.15) is 37.2 Å². The van der Waals surface area contributed by atoms with Crippen molar-refractivity contribution in [1.82, 2.24) is 5.48 Å². The summed E-state index contributed by atoms with van der Waals surface area (Å²) in [4.78, 5) is 16.4. The molecular weight excluding hydrogens is 246 g/mol. The van der Waals surface area contributed by atoms with Gasteiger partial charge < -0.3 is 9.15 Å². The van der Waals surface area contributed by atoms with E-state index in [1.54, 1.807) is 7.11 Å². The number of aryl methyl sites for hydroxylation is 1. The molecule has 0 aromatic carbocycles. The van der Waals surface area contributed by atoms with Gasteiger partial charge in [0, 0.05) is 25.9 Å². The lowest BCUT2D eigenvalue weighted by Crippen LogP contribution is -2.25. The maximum absolute atomic E-state index is 11.5. The zero-order valence-electron chi connectivity index (χ0n) is 11.5. The third-order valence-corrected chi connectivity index (χ3v) is 3.33. The number of carbonyl (C=O) groups is 1. The van der Waals surface area contributed by atoms with Crippen LogP contribution in [-0.2, 0) is 20.8 Å². The number of rotatable bonds is 8. The van der Waals surface area contributed by atoms with Crippen molar-refractivity contribution >= 4 is 5.91 Å². The molecule has 2 unspecified atom stereocenters. The Hall–Kier alpha value is -1.33. The van der Waals surface area contributed by atoms with Gasteiger partial charge >= 0.3 is 0 Å². The lowest BCUT2D eigenvalue weighted by molar-refractivity contribution is -0.134. The fraction of sp³-hybridized carbons (Fsp3) is 0.643. The summed E-state index contributed by atoms with van der Waals surface area (Å²) in [6, 6.07) is 3.98. The van der Waals surface area contributed by atoms with Crippen molar-refractivity contribution in [3.8, 4) is 0 Å². The maximum atomic E-state index is 11.5. The van der Waals surface area contributed by atoms with Crippen molar-refractivity contribution in [3.63, 3.8) is 0 Å². The van der Waals surface area contributed by atoms with Gasteiger partial charge in [0.2, 0.25) is 5.91 Å². The van der Waals surface area contributed by atoms with Crippen LogP contribution in [0, 0.1) is 5.92 Å². The largest absolute Gasteiger partial charge is 0.466 e. The number of amides is 1. The number of methoxy groups -OCH3 is 1. The highest BCUT2D eigenvalue weighted by atomic mass is 16.7. The molecule has 0 bridgehead atoms. The van der Waals surface area contributed by atoms with E-state index in [0.29, 0.717) is 32.0 Å². The number of hydrogen-bond donors (Lipinski definition) is 1. The average Bonchev–Trinajstić information content (AvgIpc) is 2.95. The molecule has 1 amide bonds. The molecule has 5 heteroatoms. The molecule has 1 aliphatic carbocycles. The Bertz CT molecular complexity index is 415. The van der Waals surface area contributed by atoms with E-state index in [1.807, 2.05) is 12.1 Å². The minimum Gasteiger partial charge on any atom is -0.466 e. The standard InChI is InChI=1S/C14H21NO4/c1-10-9-12(10)13-5-3-11(19-13)4-6-14(16)15-18-8-7-17-2/h3,5,10,12H,4,6-9H2,1-2H3,(H,15,16). The Labute approximate surface area is 113 Å². The first-order chi connectivity index (χ1) is 9.20. The Morgan fingerprint density at radius 3 is 2.95 bits per heavy atom. The fourth-order valence-electron chi connectivity index (χ4n) is 1.99. The SMILES string of the molecule is COCCONC(=O)CCc1ccc(C2CC2C)o1. The summed E-state index contributed by atoms with van der Waals surface area (Å²) in [5, 5.41) is 0. The van der Waals surface area contributed by atoms with Crippen molar-refractivity contribution in [1.29, 1.82) is 0 Å². The molecule has 19 heavy (non-hydrogen) atoms. The second-order valence-electron chi connectivity index (χ2n) is 4.99. The minimum atomic E-state index is -0.145. The summed E-state index contributed by atoms with van der Waals surface area (Å²) >= 11 is 0. The lowest BCUT2D eigenvalue weighted by Gasteiger charge is -2.04. The summed E-state index contributed by atoms with van der Waals surface area (Å²) < 4.78 is 10.5. The van der Waals surface area contributed by atoms with E-state index >= 15 is 0 Å². The summed E-state index contributed by atoms with van der Waals surface area (Å²) in [7, 11) is 1.58. The third-order valence-electron chi connectivity index (χ3n) is 3.33. The molecule has 5 nitrogen and oxygen atoms in total. The molecule has 2 atom stereocenters. The zero-order chi connectivity index (χ0) is 13.7. The Morgan fingerprint density at radius 1 is 1.47 bits per heavy atom. The molecule has 0 saturated heterocycles. The van der Waals surface area contributed by atoms with Crippen LogP contribution in [0.15, 0.2) is 16.5 Å². The first-order valence-corrected chi connectivity index (χ1v) is 6.69. The van der Waals surface area contributed by atoms with Crippen LogP contribution in [0.2, 0.25) is 0 Å². The van der Waals surface area contributed by atoms with Crippen LogP contribution in [0.4, 0.5) is 0 Å². The van der Waals surface area contributed by atoms with E-state index in [2.05, 4.69) is 12.4 Å². The molecule has 0 aliphatic heterocycles. The number of nitrogens with one attached hydrogen (secondary N) is 1. The van der Waals surface area contributed by atoms with E-state index in [4.69, 9.17) is 14.0 Å². The molecule has 1 aliphatic rings. The average molecular weight is 267 g/mol. The van der Waals surface area contributed by atoms with Crippen molar-refractivity contribution in [2.45, 2.75) is 32.1 Å². The van der Waals surface area contributed by atoms with Crippen molar-refractivity contribution < 1.29 is 18.8 Å². The van der Waals surface area contributed by atoms with Gasteiger partial charge in [-0.3, -0.25) is 9.63 Å². The molecule has 1 fully saturated rings. The Morgan fingerprint density at radius 2 is 2.26 bits per heavy atom. The minimum absolute atomic E-state index is 0.145. The van der Waals surface area contributed by atoms with Gasteiger partial charge in [-0.1, -0.05) is 6.92 Å². The smallest absolute Gasteiger partial charge is 0.243 e. The molecule has 106 valence electrons. The number of ether oxygens (including phenoxy) is 1. The normalized spacial score (nSPS) is 21.4. The van der Waals surface area contributed by atoms with Gasteiger partial charge in [-0.15, -0.1) is 0 Å². The molecule has 1 N–H and O–H groups in total. The second kappa shape index (κ2) is 6.73. The van der Waals surface area contributed by atoms with Crippen LogP contribution in [0.5, 0.6) is 0 Å². The first kappa shape index (κ1) is 14.1. The number of hydroxylamine groups is 1. The molecular formula is C14H21NO4. The molecule has 1 aromatic rings. The highest BCUT2D eigenvalue weighted by molar-refractivity contribution is 5.74. The highest BCUT2D eigenvalue weighted by Gasteiger charge is 2.36. The maximum Gasteiger partial charge on any atom is 0.243 e. The van der Waals surface area contributed by atoms with Gasteiger partial charge in [-0.25, -0.2) is 5.48 Å². The lowest BCUT2D eigenvalue weighted by atomic mass is 10.2. The molecule has 1 saturated carbocycles. The van der Waals surface area contributed by atoms with E-state index in [-0.39, 0.29) is 5.91 Å². The predicted octanol–water partition coefficient (Wildman–Crippen LogP) is 2.03. The fourth-order valence-corrected chi connectivity index (χ4v) is 1.99. The van der Waals surface area contributed by atoms with Crippen LogP contribution in [0.3, 0.4) is 0 Å². The van der Waals surface area contributed by atoms with Crippen LogP contribution in [0.25, 0.3) is 0 Å². The predicted molar refractivity (Wildman–Crippen MR) is 69.5 cm³/mol. The third kappa shape index (κ3) is 4.36. The van der Waals surface area contributed by atoms with Crippen molar-refractivity contribution in [3.05, 3.63) is 23.7 Å². The van der Waals surface area contributed by atoms with Crippen molar-refractivity contribution in [2.75, 3.05) is 20.3 Å². The summed E-state index contributed by atoms with van der Waals surface area (Å²) in [5.74, 6) is 3.09. The number of furan rings is 1. The Kier molecular flexibility index (Phi) is 4.99. The van der Waals surface area contributed by atoms with Gasteiger partial charge in [-0.05, 0) is 24.5 Å². The molecule has 1 aromatic heterocycles. The summed E-state index contributed by atoms with van der Waals surface area (Å²) in [6.45, 7) is 3.03. The molecule has 2 rings (SSSR count). The number of carbonyl (C=O) groups excluding carboxylic acids is 1. The second-order valence-corrected chi connectivity index (χ2v) is 4.99. The topological polar surface area (TPSA) is 60.7 Å². The molecule has 1 heterocycles. The van der Waals surface area contributed by atoms with E-state index in [1.165, 1.54) is 6.42 Å². The number of hydrogen-bond acceptors (Lipinski definition) is 4. The Balaban J connectivity index is 1.64. The molecule has 0 radical (unpaired) electrons. The van der Waals surface area contributed by atoms with E-state index < -0.39 is 0 Å². The van der Waals surface area contributed by atoms with Gasteiger partial charge in [0.05, 0.1) is 13.2 Å². The van der Waals surface area contributed by atoms with Gasteiger partial charge in [0.25, 0.3) is 0 Å².